The van der Waals surface area contributed by atoms with Crippen molar-refractivity contribution < 1.29 is 0 Å². The van der Waals surface area contributed by atoms with Gasteiger partial charge in [-0.2, -0.15) is 0 Å². The Labute approximate surface area is 128 Å². The highest BCUT2D eigenvalue weighted by Gasteiger charge is 2.16. The van der Waals surface area contributed by atoms with Crippen LogP contribution in [-0.2, 0) is 6.42 Å². The van der Waals surface area contributed by atoms with Gasteiger partial charge in [0.05, 0.1) is 0 Å². The van der Waals surface area contributed by atoms with Crippen molar-refractivity contribution in [2.24, 2.45) is 0 Å². The first kappa shape index (κ1) is 14.6. The van der Waals surface area contributed by atoms with Gasteiger partial charge in [0.25, 0.3) is 0 Å². The van der Waals surface area contributed by atoms with Gasteiger partial charge in [0, 0.05) is 16.3 Å². The van der Waals surface area contributed by atoms with Crippen molar-refractivity contribution >= 4 is 27.5 Å². The normalized spacial score (nSPS) is 12.4. The lowest BCUT2D eigenvalue weighted by Crippen LogP contribution is -2.08. The fraction of sp³-hybridized carbons (Fsp3) is 0.294. The summed E-state index contributed by atoms with van der Waals surface area (Å²) in [6, 6.07) is 14.8. The van der Waals surface area contributed by atoms with E-state index in [4.69, 9.17) is 11.6 Å². The number of hydrogen-bond donors (Lipinski definition) is 0. The van der Waals surface area contributed by atoms with E-state index < -0.39 is 0 Å². The van der Waals surface area contributed by atoms with Crippen LogP contribution in [0.1, 0.15) is 28.2 Å². The molecule has 0 aliphatic rings. The second kappa shape index (κ2) is 6.58. The highest BCUT2D eigenvalue weighted by atomic mass is 79.9. The Morgan fingerprint density at radius 1 is 1.00 bits per heavy atom. The molecule has 19 heavy (non-hydrogen) atoms. The Morgan fingerprint density at radius 2 is 1.63 bits per heavy atom. The van der Waals surface area contributed by atoms with Gasteiger partial charge in [-0.1, -0.05) is 52.3 Å². The zero-order valence-electron chi connectivity index (χ0n) is 11.3. The van der Waals surface area contributed by atoms with Crippen LogP contribution in [0.15, 0.2) is 46.9 Å². The van der Waals surface area contributed by atoms with Crippen LogP contribution in [0, 0.1) is 13.8 Å². The van der Waals surface area contributed by atoms with Gasteiger partial charge in [-0.05, 0) is 48.6 Å². The number of aryl methyl sites for hydroxylation is 2. The van der Waals surface area contributed by atoms with Crippen LogP contribution in [0.25, 0.3) is 0 Å². The third-order valence-corrected chi connectivity index (χ3v) is 4.72. The van der Waals surface area contributed by atoms with Crippen LogP contribution in [0.5, 0.6) is 0 Å². The number of alkyl halides is 1. The van der Waals surface area contributed by atoms with Gasteiger partial charge in [-0.15, -0.1) is 11.6 Å². The summed E-state index contributed by atoms with van der Waals surface area (Å²) in [6.07, 6.45) is 0.991. The van der Waals surface area contributed by atoms with Crippen LogP contribution >= 0.6 is 27.5 Å². The first-order valence-corrected chi connectivity index (χ1v) is 7.81. The molecule has 2 aromatic rings. The average molecular weight is 338 g/mol. The molecule has 0 bridgehead atoms. The molecular weight excluding hydrogens is 320 g/mol. The Bertz CT molecular complexity index is 543. The summed E-state index contributed by atoms with van der Waals surface area (Å²) in [6.45, 7) is 4.35. The molecular formula is C17H18BrCl. The quantitative estimate of drug-likeness (QED) is 0.634. The van der Waals surface area contributed by atoms with Crippen LogP contribution in [0.4, 0.5) is 0 Å². The van der Waals surface area contributed by atoms with Crippen molar-refractivity contribution in [2.75, 3.05) is 5.88 Å². The van der Waals surface area contributed by atoms with Gasteiger partial charge in [-0.25, -0.2) is 0 Å². The first-order valence-electron chi connectivity index (χ1n) is 6.49. The predicted molar refractivity (Wildman–Crippen MR) is 87.2 cm³/mol. The molecule has 0 spiro atoms. The van der Waals surface area contributed by atoms with Crippen molar-refractivity contribution in [1.82, 2.24) is 0 Å². The summed E-state index contributed by atoms with van der Waals surface area (Å²) in [7, 11) is 0. The van der Waals surface area contributed by atoms with Crippen molar-refractivity contribution in [1.29, 1.82) is 0 Å². The summed E-state index contributed by atoms with van der Waals surface area (Å²) in [5.74, 6) is 0.980. The van der Waals surface area contributed by atoms with Gasteiger partial charge in [0.15, 0.2) is 0 Å². The van der Waals surface area contributed by atoms with E-state index in [0.29, 0.717) is 11.8 Å². The molecule has 0 radical (unpaired) electrons. The van der Waals surface area contributed by atoms with Crippen LogP contribution in [0.2, 0.25) is 0 Å². The molecule has 0 heterocycles. The molecule has 0 saturated heterocycles. The van der Waals surface area contributed by atoms with Crippen LogP contribution in [0.3, 0.4) is 0 Å². The van der Waals surface area contributed by atoms with Gasteiger partial charge in [0.2, 0.25) is 0 Å². The maximum atomic E-state index is 6.21. The third-order valence-electron chi connectivity index (χ3n) is 3.63. The summed E-state index contributed by atoms with van der Waals surface area (Å²) in [4.78, 5) is 0. The van der Waals surface area contributed by atoms with E-state index in [1.54, 1.807) is 0 Å². The highest BCUT2D eigenvalue weighted by molar-refractivity contribution is 9.10. The Hall–Kier alpha value is -0.790. The van der Waals surface area contributed by atoms with Gasteiger partial charge >= 0.3 is 0 Å². The lowest BCUT2D eigenvalue weighted by molar-refractivity contribution is 0.754. The van der Waals surface area contributed by atoms with E-state index in [1.165, 1.54) is 22.3 Å². The third kappa shape index (κ3) is 3.40. The lowest BCUT2D eigenvalue weighted by atomic mass is 9.89. The summed E-state index contributed by atoms with van der Waals surface area (Å²) in [5, 5.41) is 0. The molecule has 100 valence electrons. The summed E-state index contributed by atoms with van der Waals surface area (Å²) >= 11 is 9.84. The number of benzene rings is 2. The highest BCUT2D eigenvalue weighted by Crippen LogP contribution is 2.30. The summed E-state index contributed by atoms with van der Waals surface area (Å²) in [5.41, 5.74) is 5.41. The number of halogens is 2. The molecule has 1 atom stereocenters. The lowest BCUT2D eigenvalue weighted by Gasteiger charge is -2.19. The minimum Gasteiger partial charge on any atom is -0.126 e. The van der Waals surface area contributed by atoms with Gasteiger partial charge in [-0.3, -0.25) is 0 Å². The van der Waals surface area contributed by atoms with E-state index in [9.17, 15) is 0 Å². The maximum absolute atomic E-state index is 6.21. The van der Waals surface area contributed by atoms with Crippen molar-refractivity contribution in [2.45, 2.75) is 26.2 Å². The van der Waals surface area contributed by atoms with E-state index in [2.05, 4.69) is 66.2 Å². The van der Waals surface area contributed by atoms with Crippen LogP contribution in [-0.4, -0.2) is 5.88 Å². The summed E-state index contributed by atoms with van der Waals surface area (Å²) < 4.78 is 1.15. The number of rotatable bonds is 4. The molecule has 0 fully saturated rings. The van der Waals surface area contributed by atoms with E-state index in [0.717, 1.165) is 10.9 Å². The largest absolute Gasteiger partial charge is 0.126 e. The molecule has 0 saturated carbocycles. The first-order chi connectivity index (χ1) is 9.13. The minimum atomic E-state index is 0.344. The fourth-order valence-corrected chi connectivity index (χ4v) is 3.36. The predicted octanol–water partition coefficient (Wildman–Crippen LogP) is 5.63. The van der Waals surface area contributed by atoms with Crippen molar-refractivity contribution in [3.63, 3.8) is 0 Å². The van der Waals surface area contributed by atoms with Crippen molar-refractivity contribution in [3.05, 3.63) is 69.2 Å². The Morgan fingerprint density at radius 3 is 2.21 bits per heavy atom. The Balaban J connectivity index is 2.32. The molecule has 0 amide bonds. The molecule has 0 aliphatic heterocycles. The van der Waals surface area contributed by atoms with Gasteiger partial charge in [0.1, 0.15) is 0 Å². The SMILES string of the molecule is Cc1cccc(C)c1CC(CCl)c1ccccc1Br. The standard InChI is InChI=1S/C17H18BrCl/c1-12-6-5-7-13(2)16(12)10-14(11-19)15-8-3-4-9-17(15)18/h3-9,14H,10-11H2,1-2H3. The second-order valence-electron chi connectivity index (χ2n) is 4.95. The number of hydrogen-bond acceptors (Lipinski definition) is 0. The smallest absolute Gasteiger partial charge is 0.0295 e. The average Bonchev–Trinajstić information content (AvgIpc) is 2.40. The minimum absolute atomic E-state index is 0.344. The molecule has 0 nitrogen and oxygen atoms in total. The molecule has 2 rings (SSSR count). The van der Waals surface area contributed by atoms with Gasteiger partial charge < -0.3 is 0 Å². The molecule has 1 unspecified atom stereocenters. The maximum Gasteiger partial charge on any atom is 0.0295 e. The van der Waals surface area contributed by atoms with Crippen molar-refractivity contribution in [3.8, 4) is 0 Å². The topological polar surface area (TPSA) is 0 Å². The Kier molecular flexibility index (Phi) is 5.06. The van der Waals surface area contributed by atoms with Crippen LogP contribution < -0.4 is 0 Å². The zero-order chi connectivity index (χ0) is 13.8. The van der Waals surface area contributed by atoms with E-state index >= 15 is 0 Å². The molecule has 2 heteroatoms. The monoisotopic (exact) mass is 336 g/mol. The van der Waals surface area contributed by atoms with E-state index in [1.807, 2.05) is 6.07 Å². The fourth-order valence-electron chi connectivity index (χ4n) is 2.47. The van der Waals surface area contributed by atoms with E-state index in [-0.39, 0.29) is 0 Å². The molecule has 0 aromatic heterocycles. The zero-order valence-corrected chi connectivity index (χ0v) is 13.6. The second-order valence-corrected chi connectivity index (χ2v) is 6.11. The molecule has 2 aromatic carbocycles. The molecule has 0 aliphatic carbocycles. The molecule has 0 N–H and O–H groups in total.